The number of nitrogens with zero attached hydrogens (tertiary/aromatic N) is 3. The van der Waals surface area contributed by atoms with E-state index in [4.69, 9.17) is 5.73 Å². The van der Waals surface area contributed by atoms with E-state index in [1.54, 1.807) is 12.1 Å². The van der Waals surface area contributed by atoms with Gasteiger partial charge in [0, 0.05) is 6.07 Å². The van der Waals surface area contributed by atoms with Crippen LogP contribution >= 0.6 is 0 Å². The van der Waals surface area contributed by atoms with E-state index >= 15 is 0 Å². The van der Waals surface area contributed by atoms with Gasteiger partial charge in [0.05, 0.1) is 10.5 Å². The van der Waals surface area contributed by atoms with Crippen LogP contribution in [0.25, 0.3) is 11.3 Å². The predicted octanol–water partition coefficient (Wildman–Crippen LogP) is 1.23. The number of nitrogens with two attached hydrogens (primary N) is 1. The lowest BCUT2D eigenvalue weighted by molar-refractivity contribution is -0.384. The van der Waals surface area contributed by atoms with Crippen LogP contribution in [0, 0.1) is 10.1 Å². The van der Waals surface area contributed by atoms with Crippen LogP contribution in [0.5, 0.6) is 0 Å². The van der Waals surface area contributed by atoms with Gasteiger partial charge in [0.15, 0.2) is 11.5 Å². The molecule has 0 fully saturated rings. The zero-order valence-electron chi connectivity index (χ0n) is 7.45. The Kier molecular flexibility index (Phi) is 2.05. The number of para-hydroxylation sites is 1. The van der Waals surface area contributed by atoms with E-state index in [9.17, 15) is 10.1 Å². The van der Waals surface area contributed by atoms with Crippen molar-refractivity contribution in [2.45, 2.75) is 0 Å². The lowest BCUT2D eigenvalue weighted by Gasteiger charge is -1.97. The number of nitrogen functional groups attached to an aromatic ring is 1. The minimum Gasteiger partial charge on any atom is -0.379 e. The monoisotopic (exact) mass is 206 g/mol. The molecule has 1 aromatic carbocycles. The quantitative estimate of drug-likeness (QED) is 0.584. The highest BCUT2D eigenvalue weighted by Gasteiger charge is 2.19. The van der Waals surface area contributed by atoms with Crippen molar-refractivity contribution in [3.63, 3.8) is 0 Å². The Morgan fingerprint density at radius 1 is 1.33 bits per heavy atom. The highest BCUT2D eigenvalue weighted by atomic mass is 16.6. The largest absolute Gasteiger partial charge is 0.379 e. The Morgan fingerprint density at radius 3 is 2.67 bits per heavy atom. The molecular formula is C8H6N4O3. The number of hydrogen-bond donors (Lipinski definition) is 1. The molecular weight excluding hydrogens is 200 g/mol. The number of benzene rings is 1. The number of nitro groups is 1. The third-order valence-electron chi connectivity index (χ3n) is 1.87. The van der Waals surface area contributed by atoms with Crippen LogP contribution < -0.4 is 5.73 Å². The molecule has 0 unspecified atom stereocenters. The van der Waals surface area contributed by atoms with E-state index in [1.165, 1.54) is 12.1 Å². The van der Waals surface area contributed by atoms with Gasteiger partial charge in [0.25, 0.3) is 5.69 Å². The van der Waals surface area contributed by atoms with Gasteiger partial charge in [0.1, 0.15) is 0 Å². The van der Waals surface area contributed by atoms with Crippen molar-refractivity contribution in [1.29, 1.82) is 0 Å². The summed E-state index contributed by atoms with van der Waals surface area (Å²) in [5, 5.41) is 17.6. The van der Waals surface area contributed by atoms with E-state index in [-0.39, 0.29) is 17.2 Å². The Bertz CT molecular complexity index is 508. The first-order valence-corrected chi connectivity index (χ1v) is 4.02. The summed E-state index contributed by atoms with van der Waals surface area (Å²) in [6.45, 7) is 0. The predicted molar refractivity (Wildman–Crippen MR) is 50.8 cm³/mol. The second-order valence-corrected chi connectivity index (χ2v) is 2.77. The van der Waals surface area contributed by atoms with Crippen LogP contribution in [-0.2, 0) is 0 Å². The summed E-state index contributed by atoms with van der Waals surface area (Å²) in [4.78, 5) is 10.2. The Balaban J connectivity index is 2.63. The normalized spacial score (nSPS) is 10.1. The van der Waals surface area contributed by atoms with Gasteiger partial charge in [-0.1, -0.05) is 12.1 Å². The van der Waals surface area contributed by atoms with Crippen molar-refractivity contribution in [1.82, 2.24) is 10.3 Å². The molecule has 2 aromatic rings. The zero-order valence-corrected chi connectivity index (χ0v) is 7.45. The Labute approximate surface area is 83.6 Å². The van der Waals surface area contributed by atoms with E-state index in [2.05, 4.69) is 14.9 Å². The van der Waals surface area contributed by atoms with Crippen molar-refractivity contribution < 1.29 is 9.55 Å². The first-order chi connectivity index (χ1) is 7.20. The van der Waals surface area contributed by atoms with Crippen LogP contribution in [0.2, 0.25) is 0 Å². The molecule has 0 aliphatic heterocycles. The summed E-state index contributed by atoms with van der Waals surface area (Å²) < 4.78 is 4.39. The average Bonchev–Trinajstić information content (AvgIpc) is 2.64. The van der Waals surface area contributed by atoms with Gasteiger partial charge in [-0.05, 0) is 16.4 Å². The van der Waals surface area contributed by atoms with Crippen molar-refractivity contribution in [2.24, 2.45) is 0 Å². The minimum atomic E-state index is -0.510. The fraction of sp³-hybridized carbons (Fsp3) is 0. The maximum absolute atomic E-state index is 10.7. The summed E-state index contributed by atoms with van der Waals surface area (Å²) in [5.41, 5.74) is 5.84. The molecule has 0 radical (unpaired) electrons. The molecule has 0 aliphatic carbocycles. The van der Waals surface area contributed by atoms with Gasteiger partial charge < -0.3 is 5.73 Å². The van der Waals surface area contributed by atoms with Crippen LogP contribution in [0.3, 0.4) is 0 Å². The Morgan fingerprint density at radius 2 is 2.07 bits per heavy atom. The maximum atomic E-state index is 10.7. The van der Waals surface area contributed by atoms with Crippen LogP contribution in [0.15, 0.2) is 28.9 Å². The molecule has 2 N–H and O–H groups in total. The molecule has 2 rings (SSSR count). The third-order valence-corrected chi connectivity index (χ3v) is 1.87. The molecule has 7 heteroatoms. The molecule has 1 heterocycles. The van der Waals surface area contributed by atoms with Crippen LogP contribution in [0.1, 0.15) is 0 Å². The molecule has 1 aromatic heterocycles. The lowest BCUT2D eigenvalue weighted by atomic mass is 10.1. The second kappa shape index (κ2) is 3.37. The van der Waals surface area contributed by atoms with Gasteiger partial charge in [-0.2, -0.15) is 0 Å². The second-order valence-electron chi connectivity index (χ2n) is 2.77. The number of hydrogen-bond acceptors (Lipinski definition) is 6. The molecule has 0 saturated carbocycles. The fourth-order valence-electron chi connectivity index (χ4n) is 1.22. The smallest absolute Gasteiger partial charge is 0.279 e. The molecule has 15 heavy (non-hydrogen) atoms. The third kappa shape index (κ3) is 1.50. The van der Waals surface area contributed by atoms with Crippen LogP contribution in [-0.4, -0.2) is 15.2 Å². The molecule has 0 atom stereocenters. The number of rotatable bonds is 2. The summed E-state index contributed by atoms with van der Waals surface area (Å²) >= 11 is 0. The van der Waals surface area contributed by atoms with Crippen molar-refractivity contribution in [3.05, 3.63) is 34.4 Å². The molecule has 0 spiro atoms. The van der Waals surface area contributed by atoms with Crippen LogP contribution in [0.4, 0.5) is 11.5 Å². The molecule has 0 aliphatic rings. The van der Waals surface area contributed by atoms with Gasteiger partial charge in [0.2, 0.25) is 0 Å². The summed E-state index contributed by atoms with van der Waals surface area (Å²) in [6, 6.07) is 6.11. The SMILES string of the molecule is Nc1nonc1-c1ccccc1[N+](=O)[O-]. The Hall–Kier alpha value is -2.44. The molecule has 0 saturated heterocycles. The number of anilines is 1. The summed E-state index contributed by atoms with van der Waals surface area (Å²) in [6.07, 6.45) is 0. The van der Waals surface area contributed by atoms with Gasteiger partial charge in [-0.3, -0.25) is 10.1 Å². The van der Waals surface area contributed by atoms with E-state index in [0.717, 1.165) is 0 Å². The molecule has 0 bridgehead atoms. The lowest BCUT2D eigenvalue weighted by Crippen LogP contribution is -1.94. The van der Waals surface area contributed by atoms with Gasteiger partial charge >= 0.3 is 0 Å². The number of aromatic nitrogens is 2. The van der Waals surface area contributed by atoms with E-state index in [0.29, 0.717) is 5.56 Å². The highest BCUT2D eigenvalue weighted by Crippen LogP contribution is 2.30. The fourth-order valence-corrected chi connectivity index (χ4v) is 1.22. The van der Waals surface area contributed by atoms with Gasteiger partial charge in [-0.25, -0.2) is 4.63 Å². The highest BCUT2D eigenvalue weighted by molar-refractivity contribution is 5.76. The van der Waals surface area contributed by atoms with Crippen molar-refractivity contribution in [2.75, 3.05) is 5.73 Å². The maximum Gasteiger partial charge on any atom is 0.279 e. The van der Waals surface area contributed by atoms with E-state index < -0.39 is 4.92 Å². The van der Waals surface area contributed by atoms with Crippen molar-refractivity contribution in [3.8, 4) is 11.3 Å². The average molecular weight is 206 g/mol. The number of nitro benzene ring substituents is 1. The van der Waals surface area contributed by atoms with Gasteiger partial charge in [-0.15, -0.1) is 0 Å². The zero-order chi connectivity index (χ0) is 10.8. The first kappa shape index (κ1) is 9.13. The first-order valence-electron chi connectivity index (χ1n) is 4.02. The topological polar surface area (TPSA) is 108 Å². The molecule has 76 valence electrons. The standard InChI is InChI=1S/C8H6N4O3/c9-8-7(10-15-11-8)5-3-1-2-4-6(5)12(13)14/h1-4H,(H2,9,11). The minimum absolute atomic E-state index is 0.0318. The van der Waals surface area contributed by atoms with Crippen molar-refractivity contribution >= 4 is 11.5 Å². The van der Waals surface area contributed by atoms with E-state index in [1.807, 2.05) is 0 Å². The molecule has 7 nitrogen and oxygen atoms in total. The molecule has 0 amide bonds. The summed E-state index contributed by atoms with van der Waals surface area (Å²) in [7, 11) is 0. The summed E-state index contributed by atoms with van der Waals surface area (Å²) in [5.74, 6) is 0.0318.